The van der Waals surface area contributed by atoms with E-state index in [1.807, 2.05) is 51.1 Å². The third-order valence-electron chi connectivity index (χ3n) is 9.37. The second kappa shape index (κ2) is 17.5. The van der Waals surface area contributed by atoms with Gasteiger partial charge < -0.3 is 29.7 Å². The summed E-state index contributed by atoms with van der Waals surface area (Å²) in [7, 11) is 1.80. The number of benzene rings is 2. The highest BCUT2D eigenvalue weighted by Gasteiger charge is 2.31. The lowest BCUT2D eigenvalue weighted by Crippen LogP contribution is -2.48. The van der Waals surface area contributed by atoms with Crippen molar-refractivity contribution in [3.63, 3.8) is 0 Å². The van der Waals surface area contributed by atoms with E-state index in [0.29, 0.717) is 43.1 Å². The maximum Gasteiger partial charge on any atom is 0.258 e. The number of amides is 3. The zero-order chi connectivity index (χ0) is 33.1. The molecule has 2 aromatic rings. The molecule has 1 aliphatic heterocycles. The van der Waals surface area contributed by atoms with Crippen molar-refractivity contribution in [1.82, 2.24) is 9.80 Å². The number of carbonyl (C=O) groups is 3. The molecule has 0 saturated heterocycles. The van der Waals surface area contributed by atoms with Crippen LogP contribution in [-0.2, 0) is 20.7 Å². The standard InChI is InChI=1S/C37H53N3O6/c1-26-23-40(27(2)25-41)37(44)32-22-31(38-36(43)30-16-9-6-10-17-30)18-19-33(32)46-28(3)13-11-12-20-45-34(26)24-39(4)35(42)21-29-14-7-5-8-15-29/h5,7-8,14-15,18-19,22,26-28,30,34,41H,6,9-13,16-17,20-21,23-25H2,1-4H3,(H,38,43)/t26-,27-,28+,34+/m0/s1. The fourth-order valence-electron chi connectivity index (χ4n) is 6.35. The highest BCUT2D eigenvalue weighted by atomic mass is 16.5. The molecule has 9 nitrogen and oxygen atoms in total. The van der Waals surface area contributed by atoms with E-state index in [2.05, 4.69) is 5.32 Å². The number of aliphatic hydroxyl groups is 1. The first-order valence-corrected chi connectivity index (χ1v) is 17.1. The Morgan fingerprint density at radius 1 is 1.02 bits per heavy atom. The molecule has 0 aromatic heterocycles. The molecule has 1 aliphatic carbocycles. The van der Waals surface area contributed by atoms with Gasteiger partial charge in [0.25, 0.3) is 5.91 Å². The number of fused-ring (bicyclic) bond motifs is 1. The number of hydrogen-bond donors (Lipinski definition) is 2. The molecule has 2 aliphatic rings. The second-order valence-corrected chi connectivity index (χ2v) is 13.3. The molecule has 46 heavy (non-hydrogen) atoms. The third-order valence-corrected chi connectivity index (χ3v) is 9.37. The summed E-state index contributed by atoms with van der Waals surface area (Å²) in [6, 6.07) is 14.5. The molecule has 0 unspecified atom stereocenters. The van der Waals surface area contributed by atoms with Crippen LogP contribution >= 0.6 is 0 Å². The first-order chi connectivity index (χ1) is 22.2. The van der Waals surface area contributed by atoms with Crippen molar-refractivity contribution in [2.24, 2.45) is 11.8 Å². The van der Waals surface area contributed by atoms with Crippen molar-refractivity contribution >= 4 is 23.4 Å². The van der Waals surface area contributed by atoms with Gasteiger partial charge >= 0.3 is 0 Å². The van der Waals surface area contributed by atoms with Crippen LogP contribution < -0.4 is 10.1 Å². The number of carbonyl (C=O) groups excluding carboxylic acids is 3. The maximum absolute atomic E-state index is 14.4. The summed E-state index contributed by atoms with van der Waals surface area (Å²) in [6.07, 6.45) is 7.39. The summed E-state index contributed by atoms with van der Waals surface area (Å²) in [5.41, 5.74) is 1.87. The van der Waals surface area contributed by atoms with Crippen LogP contribution in [0, 0.1) is 11.8 Å². The van der Waals surface area contributed by atoms with Crippen molar-refractivity contribution in [3.8, 4) is 5.75 Å². The summed E-state index contributed by atoms with van der Waals surface area (Å²) >= 11 is 0. The number of ether oxygens (including phenoxy) is 2. The molecule has 0 spiro atoms. The van der Waals surface area contributed by atoms with Crippen molar-refractivity contribution in [3.05, 3.63) is 59.7 Å². The van der Waals surface area contributed by atoms with E-state index in [1.54, 1.807) is 35.0 Å². The monoisotopic (exact) mass is 635 g/mol. The normalized spacial score (nSPS) is 22.6. The van der Waals surface area contributed by atoms with Gasteiger partial charge in [-0.3, -0.25) is 14.4 Å². The predicted molar refractivity (Wildman–Crippen MR) is 180 cm³/mol. The van der Waals surface area contributed by atoms with Crippen molar-refractivity contribution in [1.29, 1.82) is 0 Å². The van der Waals surface area contributed by atoms with E-state index in [-0.39, 0.29) is 48.4 Å². The Morgan fingerprint density at radius 3 is 2.46 bits per heavy atom. The van der Waals surface area contributed by atoms with Crippen LogP contribution in [0.25, 0.3) is 0 Å². The van der Waals surface area contributed by atoms with Crippen molar-refractivity contribution in [2.75, 3.05) is 38.7 Å². The molecule has 4 rings (SSSR count). The minimum Gasteiger partial charge on any atom is -0.490 e. The van der Waals surface area contributed by atoms with Gasteiger partial charge in [-0.25, -0.2) is 0 Å². The van der Waals surface area contributed by atoms with E-state index in [1.165, 1.54) is 0 Å². The summed E-state index contributed by atoms with van der Waals surface area (Å²) in [5.74, 6) is 0.00468. The molecule has 0 radical (unpaired) electrons. The zero-order valence-electron chi connectivity index (χ0n) is 28.1. The molecule has 252 valence electrons. The summed E-state index contributed by atoms with van der Waals surface area (Å²) in [5, 5.41) is 13.3. The van der Waals surface area contributed by atoms with Gasteiger partial charge in [-0.05, 0) is 69.7 Å². The van der Waals surface area contributed by atoms with E-state index >= 15 is 0 Å². The lowest BCUT2D eigenvalue weighted by molar-refractivity contribution is -0.132. The smallest absolute Gasteiger partial charge is 0.258 e. The number of nitrogens with one attached hydrogen (secondary N) is 1. The van der Waals surface area contributed by atoms with Crippen LogP contribution in [0.2, 0.25) is 0 Å². The highest BCUT2D eigenvalue weighted by Crippen LogP contribution is 2.30. The number of anilines is 1. The number of likely N-dealkylation sites (N-methyl/N-ethyl adjacent to an activating group) is 1. The number of rotatable bonds is 8. The summed E-state index contributed by atoms with van der Waals surface area (Å²) in [6.45, 7) is 6.84. The van der Waals surface area contributed by atoms with Gasteiger partial charge in [0.1, 0.15) is 5.75 Å². The Bertz CT molecular complexity index is 1280. The lowest BCUT2D eigenvalue weighted by atomic mass is 9.88. The molecule has 2 aromatic carbocycles. The average molecular weight is 636 g/mol. The molecular weight excluding hydrogens is 582 g/mol. The van der Waals surface area contributed by atoms with E-state index in [9.17, 15) is 19.5 Å². The molecule has 1 saturated carbocycles. The third kappa shape index (κ3) is 10.0. The zero-order valence-corrected chi connectivity index (χ0v) is 28.1. The number of nitrogens with zero attached hydrogens (tertiary/aromatic N) is 2. The predicted octanol–water partition coefficient (Wildman–Crippen LogP) is 5.70. The summed E-state index contributed by atoms with van der Waals surface area (Å²) < 4.78 is 12.7. The van der Waals surface area contributed by atoms with Gasteiger partial charge in [0.05, 0.1) is 36.8 Å². The van der Waals surface area contributed by atoms with E-state index < -0.39 is 6.04 Å². The van der Waals surface area contributed by atoms with Crippen LogP contribution in [0.5, 0.6) is 5.75 Å². The topological polar surface area (TPSA) is 108 Å². The molecular formula is C37H53N3O6. The Labute approximate surface area is 274 Å². The first kappa shape index (κ1) is 35.4. The molecule has 9 heteroatoms. The Morgan fingerprint density at radius 2 is 1.74 bits per heavy atom. The Kier molecular flexibility index (Phi) is 13.5. The molecule has 1 fully saturated rings. The fourth-order valence-corrected chi connectivity index (χ4v) is 6.35. The van der Waals surface area contributed by atoms with Gasteiger partial charge in [-0.1, -0.05) is 56.5 Å². The van der Waals surface area contributed by atoms with Gasteiger partial charge in [0, 0.05) is 44.3 Å². The van der Waals surface area contributed by atoms with Crippen molar-refractivity contribution in [2.45, 2.75) is 96.8 Å². The molecule has 0 bridgehead atoms. The largest absolute Gasteiger partial charge is 0.490 e. The van der Waals surface area contributed by atoms with E-state index in [0.717, 1.165) is 56.9 Å². The highest BCUT2D eigenvalue weighted by molar-refractivity contribution is 6.00. The van der Waals surface area contributed by atoms with Gasteiger partial charge in [0.2, 0.25) is 11.8 Å². The molecule has 3 amide bonds. The van der Waals surface area contributed by atoms with Crippen LogP contribution in [0.1, 0.15) is 88.1 Å². The minimum atomic E-state index is -0.480. The van der Waals surface area contributed by atoms with Crippen LogP contribution in [0.3, 0.4) is 0 Å². The first-order valence-electron chi connectivity index (χ1n) is 17.1. The average Bonchev–Trinajstić information content (AvgIpc) is 3.06. The Hall–Kier alpha value is -3.43. The van der Waals surface area contributed by atoms with Gasteiger partial charge in [-0.2, -0.15) is 0 Å². The summed E-state index contributed by atoms with van der Waals surface area (Å²) in [4.78, 5) is 43.9. The maximum atomic E-state index is 14.4. The molecule has 2 N–H and O–H groups in total. The SMILES string of the molecule is C[C@@H]1CCCCO[C@H](CN(C)C(=O)Cc2ccccc2)[C@@H](C)CN([C@@H](C)CO)C(=O)c2cc(NC(=O)C3CCCCC3)ccc2O1. The van der Waals surface area contributed by atoms with Gasteiger partial charge in [0.15, 0.2) is 0 Å². The molecule has 1 heterocycles. The lowest BCUT2D eigenvalue weighted by Gasteiger charge is -2.36. The Balaban J connectivity index is 1.58. The number of hydrogen-bond acceptors (Lipinski definition) is 6. The minimum absolute atomic E-state index is 0.000710. The van der Waals surface area contributed by atoms with Crippen LogP contribution in [-0.4, -0.2) is 84.2 Å². The number of aliphatic hydroxyl groups excluding tert-OH is 1. The van der Waals surface area contributed by atoms with Crippen LogP contribution in [0.4, 0.5) is 5.69 Å². The van der Waals surface area contributed by atoms with Gasteiger partial charge in [-0.15, -0.1) is 0 Å². The van der Waals surface area contributed by atoms with E-state index in [4.69, 9.17) is 9.47 Å². The quantitative estimate of drug-likeness (QED) is 0.385. The van der Waals surface area contributed by atoms with Crippen LogP contribution in [0.15, 0.2) is 48.5 Å². The fraction of sp³-hybridized carbons (Fsp3) is 0.595. The van der Waals surface area contributed by atoms with Crippen molar-refractivity contribution < 1.29 is 29.0 Å². The second-order valence-electron chi connectivity index (χ2n) is 13.3. The molecule has 4 atom stereocenters.